The zero-order valence-corrected chi connectivity index (χ0v) is 62.8. The number of aliphatic hydroxyl groups is 16. The zero-order chi connectivity index (χ0) is 78.8. The largest absolute Gasteiger partial charge is 0.477 e. The summed E-state index contributed by atoms with van der Waals surface area (Å²) in [7, 11) is 0. The standard InChI is InChI=1S/C73H131N3O31/c1-5-7-9-11-13-15-17-19-20-22-24-26-28-30-32-34-52(87)76-44(45(84)33-31-29-27-25-23-21-18-16-14-12-10-8-6-2)41-98-69-60(93)59(92)64(51(40-81)102-69)104-70-61(94)66(56(89)48(37-78)99-70)105-68-54(75-43(4)83)58(91)63(50(39-80)101-68)103-71-62(95)67(57(90)49(38-79)100-71)107-73(72(96)97)35-46(85)53(74-42(3)82)65(106-73)55(88)47(86)36-77/h31,33,44-51,53-71,77-81,84-86,88-95H,5-30,32,34-41H2,1-4H3,(H,74,82)(H,75,83)(H,76,87)(H,96,97)/b33-31+/t44-,45+,46?,47+,48?,49?,50?,51?,53?,54?,55+,56?,57?,58?,59?,60?,61?,62?,63?,64?,65?,66?,67?,68?,69?,70?,71?,73?/m1/s1. The molecular formula is C73H131N3O31. The van der Waals surface area contributed by atoms with Gasteiger partial charge in [0, 0.05) is 26.7 Å². The van der Waals surface area contributed by atoms with Crippen LogP contribution in [0.25, 0.3) is 0 Å². The summed E-state index contributed by atoms with van der Waals surface area (Å²) in [6.07, 6.45) is -14.5. The van der Waals surface area contributed by atoms with Crippen LogP contribution in [0.15, 0.2) is 12.2 Å². The van der Waals surface area contributed by atoms with Crippen molar-refractivity contribution < 1.29 is 153 Å². The first kappa shape index (κ1) is 94.2. The Hall–Kier alpha value is -3.42. The van der Waals surface area contributed by atoms with E-state index in [1.165, 1.54) is 109 Å². The lowest BCUT2D eigenvalue weighted by molar-refractivity contribution is -0.390. The molecule has 0 saturated carbocycles. The minimum atomic E-state index is -3.19. The third kappa shape index (κ3) is 29.2. The van der Waals surface area contributed by atoms with E-state index in [-0.39, 0.29) is 12.3 Å². The Morgan fingerprint density at radius 2 is 0.907 bits per heavy atom. The van der Waals surface area contributed by atoms with Gasteiger partial charge in [0.2, 0.25) is 17.7 Å². The van der Waals surface area contributed by atoms with E-state index in [9.17, 15) is 106 Å². The van der Waals surface area contributed by atoms with Crippen molar-refractivity contribution in [1.29, 1.82) is 0 Å². The summed E-state index contributed by atoms with van der Waals surface area (Å²) < 4.78 is 58.8. The van der Waals surface area contributed by atoms with Gasteiger partial charge in [-0.3, -0.25) is 14.4 Å². The first-order valence-electron chi connectivity index (χ1n) is 39.1. The topological polar surface area (TPSA) is 541 Å². The Morgan fingerprint density at radius 1 is 0.486 bits per heavy atom. The van der Waals surface area contributed by atoms with Gasteiger partial charge in [-0.2, -0.15) is 0 Å². The molecule has 5 saturated heterocycles. The number of nitrogens with one attached hydrogen (secondary N) is 3. The molecule has 0 aliphatic carbocycles. The molecule has 24 unspecified atom stereocenters. The summed E-state index contributed by atoms with van der Waals surface area (Å²) in [4.78, 5) is 51.7. The summed E-state index contributed by atoms with van der Waals surface area (Å²) in [6, 6.07) is -4.60. The molecule has 107 heavy (non-hydrogen) atoms. The van der Waals surface area contributed by atoms with Crippen LogP contribution in [-0.4, -0.2) is 321 Å². The van der Waals surface area contributed by atoms with Gasteiger partial charge in [-0.15, -0.1) is 0 Å². The van der Waals surface area contributed by atoms with Crippen molar-refractivity contribution in [3.05, 3.63) is 12.2 Å². The quantitative estimate of drug-likeness (QED) is 0.0255. The average molecular weight is 1550 g/mol. The van der Waals surface area contributed by atoms with Gasteiger partial charge in [-0.05, 0) is 19.3 Å². The molecular weight excluding hydrogens is 1410 g/mol. The molecule has 3 amide bonds. The Labute approximate surface area is 627 Å². The highest BCUT2D eigenvalue weighted by Crippen LogP contribution is 2.40. The number of amides is 3. The summed E-state index contributed by atoms with van der Waals surface area (Å²) in [5, 5.41) is 196. The van der Waals surface area contributed by atoms with E-state index < -0.39 is 235 Å². The molecule has 0 spiro atoms. The molecule has 0 radical (unpaired) electrons. The van der Waals surface area contributed by atoms with Crippen LogP contribution in [-0.2, 0) is 66.5 Å². The number of unbranched alkanes of at least 4 members (excludes halogenated alkanes) is 25. The van der Waals surface area contributed by atoms with Crippen LogP contribution in [0, 0.1) is 0 Å². The van der Waals surface area contributed by atoms with Crippen molar-refractivity contribution in [2.24, 2.45) is 0 Å². The second-order valence-electron chi connectivity index (χ2n) is 29.3. The first-order chi connectivity index (χ1) is 51.3. The predicted molar refractivity (Wildman–Crippen MR) is 378 cm³/mol. The van der Waals surface area contributed by atoms with Gasteiger partial charge in [0.05, 0.1) is 63.9 Å². The van der Waals surface area contributed by atoms with Gasteiger partial charge in [0.1, 0.15) is 116 Å². The van der Waals surface area contributed by atoms with Crippen molar-refractivity contribution >= 4 is 23.7 Å². The fraction of sp³-hybridized carbons (Fsp3) is 0.918. The maximum absolute atomic E-state index is 13.5. The molecule has 28 atom stereocenters. The van der Waals surface area contributed by atoms with E-state index in [0.29, 0.717) is 12.8 Å². The van der Waals surface area contributed by atoms with E-state index in [4.69, 9.17) is 47.4 Å². The van der Waals surface area contributed by atoms with Crippen LogP contribution in [0.2, 0.25) is 0 Å². The fourth-order valence-corrected chi connectivity index (χ4v) is 14.3. The van der Waals surface area contributed by atoms with Crippen LogP contribution < -0.4 is 16.0 Å². The minimum Gasteiger partial charge on any atom is -0.477 e. The maximum Gasteiger partial charge on any atom is 0.364 e. The average Bonchev–Trinajstić information content (AvgIpc) is 0.755. The summed E-state index contributed by atoms with van der Waals surface area (Å²) >= 11 is 0. The number of allylic oxidation sites excluding steroid dienone is 1. The highest BCUT2D eigenvalue weighted by atomic mass is 16.8. The lowest BCUT2D eigenvalue weighted by atomic mass is 9.88. The Bertz CT molecular complexity index is 2500. The molecule has 20 N–H and O–H groups in total. The molecule has 5 fully saturated rings. The number of carbonyl (C=O) groups is 4. The Morgan fingerprint density at radius 3 is 1.37 bits per heavy atom. The van der Waals surface area contributed by atoms with Crippen LogP contribution in [0.1, 0.15) is 214 Å². The monoisotopic (exact) mass is 1550 g/mol. The van der Waals surface area contributed by atoms with Gasteiger partial charge in [-0.25, -0.2) is 4.79 Å². The van der Waals surface area contributed by atoms with Crippen LogP contribution in [0.3, 0.4) is 0 Å². The third-order valence-electron chi connectivity index (χ3n) is 20.6. The second-order valence-corrected chi connectivity index (χ2v) is 29.3. The van der Waals surface area contributed by atoms with E-state index in [2.05, 4.69) is 29.8 Å². The van der Waals surface area contributed by atoms with Crippen molar-refractivity contribution in [3.63, 3.8) is 0 Å². The van der Waals surface area contributed by atoms with Crippen LogP contribution in [0.5, 0.6) is 0 Å². The highest BCUT2D eigenvalue weighted by Gasteiger charge is 2.61. The first-order valence-corrected chi connectivity index (χ1v) is 39.1. The number of aliphatic carboxylic acids is 1. The molecule has 0 aromatic heterocycles. The van der Waals surface area contributed by atoms with Crippen LogP contribution >= 0.6 is 0 Å². The number of hydrogen-bond donors (Lipinski definition) is 20. The summed E-state index contributed by atoms with van der Waals surface area (Å²) in [6.45, 7) is 0.644. The van der Waals surface area contributed by atoms with Gasteiger partial charge < -0.3 is 150 Å². The summed E-state index contributed by atoms with van der Waals surface area (Å²) in [5.41, 5.74) is 0. The molecule has 5 heterocycles. The Balaban J connectivity index is 1.25. The minimum absolute atomic E-state index is 0.173. The van der Waals surface area contributed by atoms with Crippen molar-refractivity contribution in [2.45, 2.75) is 385 Å². The van der Waals surface area contributed by atoms with Gasteiger partial charge >= 0.3 is 5.97 Å². The molecule has 5 rings (SSSR count). The van der Waals surface area contributed by atoms with Crippen molar-refractivity contribution in [1.82, 2.24) is 16.0 Å². The number of aliphatic hydroxyl groups excluding tert-OH is 16. The van der Waals surface area contributed by atoms with E-state index in [1.807, 2.05) is 6.08 Å². The highest BCUT2D eigenvalue weighted by molar-refractivity contribution is 5.77. The number of hydrogen-bond acceptors (Lipinski definition) is 30. The molecule has 34 heteroatoms. The van der Waals surface area contributed by atoms with E-state index in [1.54, 1.807) is 6.08 Å². The number of carboxylic acids is 1. The van der Waals surface area contributed by atoms with E-state index in [0.717, 1.165) is 65.2 Å². The molecule has 0 bridgehead atoms. The smallest absolute Gasteiger partial charge is 0.364 e. The number of carboxylic acid groups (broad SMARTS) is 1. The molecule has 0 aromatic rings. The second kappa shape index (κ2) is 49.9. The third-order valence-corrected chi connectivity index (χ3v) is 20.6. The van der Waals surface area contributed by atoms with Gasteiger partial charge in [0.25, 0.3) is 5.79 Å². The SMILES string of the molecule is CCCCCCCCCCCCC/C=C/[C@H](O)[C@@H](COC1OC(CO)C(OC2OC(CO)C(O)C(OC3OC(CO)C(OC4OC(CO)C(O)C(OC5(C(=O)O)CC(O)C(NC(C)=O)C([C@@H](O)[C@@H](O)CO)O5)C4O)C(O)C3NC(C)=O)C2O)C(O)C1O)NC(=O)CCCCCCCCCCCCCCCCC. The lowest BCUT2D eigenvalue weighted by Gasteiger charge is -2.51. The summed E-state index contributed by atoms with van der Waals surface area (Å²) in [5.74, 6) is -7.31. The number of rotatable bonds is 52. The van der Waals surface area contributed by atoms with Gasteiger partial charge in [-0.1, -0.05) is 180 Å². The van der Waals surface area contributed by atoms with Gasteiger partial charge in [0.15, 0.2) is 25.2 Å². The number of ether oxygens (including phenoxy) is 10. The molecule has 624 valence electrons. The van der Waals surface area contributed by atoms with E-state index >= 15 is 0 Å². The number of carbonyl (C=O) groups excluding carboxylic acids is 3. The fourth-order valence-electron chi connectivity index (χ4n) is 14.3. The van der Waals surface area contributed by atoms with Crippen LogP contribution in [0.4, 0.5) is 0 Å². The normalized spacial score (nSPS) is 34.6. The molecule has 5 aliphatic heterocycles. The van der Waals surface area contributed by atoms with Crippen molar-refractivity contribution in [2.75, 3.05) is 39.6 Å². The zero-order valence-electron chi connectivity index (χ0n) is 62.8. The predicted octanol–water partition coefficient (Wildman–Crippen LogP) is -1.04. The molecule has 0 aromatic carbocycles. The Kier molecular flexibility index (Phi) is 44.0. The lowest BCUT2D eigenvalue weighted by Crippen LogP contribution is -2.71. The molecule has 34 nitrogen and oxygen atoms in total. The maximum atomic E-state index is 13.5. The molecule has 5 aliphatic rings. The van der Waals surface area contributed by atoms with Crippen molar-refractivity contribution in [3.8, 4) is 0 Å².